The van der Waals surface area contributed by atoms with Gasteiger partial charge in [-0.15, -0.1) is 10.2 Å². The third-order valence-electron chi connectivity index (χ3n) is 4.07. The summed E-state index contributed by atoms with van der Waals surface area (Å²) in [6.07, 6.45) is 0. The average Bonchev–Trinajstić information content (AvgIpc) is 3.15. The Balaban J connectivity index is 1.65. The number of amides is 1. The molecule has 1 aromatic heterocycles. The molecule has 0 aliphatic carbocycles. The molecule has 150 valence electrons. The van der Waals surface area contributed by atoms with Crippen LogP contribution in [0.4, 0.5) is 5.69 Å². The van der Waals surface area contributed by atoms with Crippen molar-refractivity contribution in [2.75, 3.05) is 18.2 Å². The maximum Gasteiger partial charge on any atom is 0.337 e. The maximum atomic E-state index is 12.3. The van der Waals surface area contributed by atoms with Gasteiger partial charge in [0, 0.05) is 17.8 Å². The predicted molar refractivity (Wildman–Crippen MR) is 113 cm³/mol. The zero-order valence-electron chi connectivity index (χ0n) is 15.9. The monoisotopic (exact) mass is 430 g/mol. The second-order valence-corrected chi connectivity index (χ2v) is 7.29. The molecule has 0 unspecified atom stereocenters. The maximum absolute atomic E-state index is 12.3. The van der Waals surface area contributed by atoms with Crippen LogP contribution >= 0.6 is 23.4 Å². The van der Waals surface area contributed by atoms with Gasteiger partial charge in [0.15, 0.2) is 11.0 Å². The lowest BCUT2D eigenvalue weighted by Crippen LogP contribution is -2.15. The number of nitrogens with one attached hydrogen (secondary N) is 1. The molecule has 0 aliphatic heterocycles. The highest BCUT2D eigenvalue weighted by Gasteiger charge is 2.16. The minimum atomic E-state index is -0.424. The molecule has 0 atom stereocenters. The molecular formula is C20H19ClN4O3S. The second-order valence-electron chi connectivity index (χ2n) is 5.94. The van der Waals surface area contributed by atoms with Crippen molar-refractivity contribution in [1.29, 1.82) is 0 Å². The lowest BCUT2D eigenvalue weighted by atomic mass is 10.2. The van der Waals surface area contributed by atoms with Crippen LogP contribution in [0.5, 0.6) is 0 Å². The van der Waals surface area contributed by atoms with Crippen molar-refractivity contribution >= 4 is 40.9 Å². The third-order valence-corrected chi connectivity index (χ3v) is 5.37. The van der Waals surface area contributed by atoms with E-state index in [0.717, 1.165) is 5.56 Å². The number of esters is 1. The molecule has 7 nitrogen and oxygen atoms in total. The number of hydrogen-bond donors (Lipinski definition) is 1. The summed E-state index contributed by atoms with van der Waals surface area (Å²) in [6, 6.07) is 13.9. The molecule has 0 bridgehead atoms. The van der Waals surface area contributed by atoms with Gasteiger partial charge in [0.25, 0.3) is 0 Å². The van der Waals surface area contributed by atoms with E-state index in [1.165, 1.54) is 18.9 Å². The Labute approximate surface area is 177 Å². The van der Waals surface area contributed by atoms with Crippen LogP contribution in [0.2, 0.25) is 5.02 Å². The van der Waals surface area contributed by atoms with Crippen molar-refractivity contribution in [2.24, 2.45) is 0 Å². The van der Waals surface area contributed by atoms with Crippen LogP contribution in [0.3, 0.4) is 0 Å². The number of thioether (sulfide) groups is 1. The first-order valence-corrected chi connectivity index (χ1v) is 10.2. The van der Waals surface area contributed by atoms with Gasteiger partial charge in [0.05, 0.1) is 23.4 Å². The van der Waals surface area contributed by atoms with Crippen LogP contribution in [-0.4, -0.2) is 39.5 Å². The van der Waals surface area contributed by atoms with E-state index < -0.39 is 5.97 Å². The number of aromatic nitrogens is 3. The van der Waals surface area contributed by atoms with E-state index in [1.54, 1.807) is 30.3 Å². The van der Waals surface area contributed by atoms with Gasteiger partial charge in [-0.05, 0) is 43.3 Å². The van der Waals surface area contributed by atoms with Crippen LogP contribution < -0.4 is 5.32 Å². The molecule has 9 heteroatoms. The molecule has 3 rings (SSSR count). The minimum Gasteiger partial charge on any atom is -0.465 e. The Bertz CT molecular complexity index is 1020. The first-order chi connectivity index (χ1) is 14.0. The second kappa shape index (κ2) is 9.58. The summed E-state index contributed by atoms with van der Waals surface area (Å²) in [4.78, 5) is 23.7. The van der Waals surface area contributed by atoms with Gasteiger partial charge in [0.2, 0.25) is 5.91 Å². The molecule has 0 fully saturated rings. The van der Waals surface area contributed by atoms with Crippen molar-refractivity contribution in [3.8, 4) is 11.4 Å². The van der Waals surface area contributed by atoms with Crippen molar-refractivity contribution in [3.05, 3.63) is 59.1 Å². The average molecular weight is 431 g/mol. The number of halogens is 1. The number of carbonyl (C=O) groups excluding carboxylic acids is 2. The standard InChI is InChI=1S/C20H19ClN4O3S/c1-3-25-18(15-6-4-5-7-16(15)21)23-24-20(25)29-12-17(26)22-14-10-8-13(9-11-14)19(27)28-2/h4-11H,3,12H2,1-2H3,(H,22,26). The molecule has 29 heavy (non-hydrogen) atoms. The lowest BCUT2D eigenvalue weighted by molar-refractivity contribution is -0.113. The number of carbonyl (C=O) groups is 2. The predicted octanol–water partition coefficient (Wildman–Crippen LogP) is 4.14. The van der Waals surface area contributed by atoms with Gasteiger partial charge in [-0.25, -0.2) is 4.79 Å². The zero-order chi connectivity index (χ0) is 20.8. The number of hydrogen-bond acceptors (Lipinski definition) is 6. The quantitative estimate of drug-likeness (QED) is 0.448. The Morgan fingerprint density at radius 3 is 2.52 bits per heavy atom. The fourth-order valence-corrected chi connectivity index (χ4v) is 3.68. The highest BCUT2D eigenvalue weighted by atomic mass is 35.5. The molecular weight excluding hydrogens is 412 g/mol. The highest BCUT2D eigenvalue weighted by Crippen LogP contribution is 2.29. The topological polar surface area (TPSA) is 86.1 Å². The third kappa shape index (κ3) is 4.96. The fourth-order valence-electron chi connectivity index (χ4n) is 2.66. The van der Waals surface area contributed by atoms with Gasteiger partial charge >= 0.3 is 5.97 Å². The van der Waals surface area contributed by atoms with Crippen LogP contribution in [0.1, 0.15) is 17.3 Å². The molecule has 1 heterocycles. The molecule has 1 amide bonds. The number of nitrogens with zero attached hydrogens (tertiary/aromatic N) is 3. The number of benzene rings is 2. The molecule has 0 spiro atoms. The number of rotatable bonds is 7. The van der Waals surface area contributed by atoms with Crippen molar-refractivity contribution in [3.63, 3.8) is 0 Å². The van der Waals surface area contributed by atoms with E-state index in [4.69, 9.17) is 11.6 Å². The molecule has 3 aromatic rings. The molecule has 1 N–H and O–H groups in total. The first kappa shape index (κ1) is 20.9. The Hall–Kier alpha value is -2.84. The molecule has 0 saturated heterocycles. The van der Waals surface area contributed by atoms with E-state index >= 15 is 0 Å². The number of anilines is 1. The Morgan fingerprint density at radius 2 is 1.86 bits per heavy atom. The largest absolute Gasteiger partial charge is 0.465 e. The van der Waals surface area contributed by atoms with Crippen LogP contribution in [0, 0.1) is 0 Å². The summed E-state index contributed by atoms with van der Waals surface area (Å²) in [5.74, 6) is 0.219. The summed E-state index contributed by atoms with van der Waals surface area (Å²) in [7, 11) is 1.32. The van der Waals surface area contributed by atoms with Gasteiger partial charge < -0.3 is 14.6 Å². The lowest BCUT2D eigenvalue weighted by Gasteiger charge is -2.09. The summed E-state index contributed by atoms with van der Waals surface area (Å²) in [5, 5.41) is 12.5. The fraction of sp³-hybridized carbons (Fsp3) is 0.200. The van der Waals surface area contributed by atoms with E-state index in [2.05, 4.69) is 20.3 Å². The van der Waals surface area contributed by atoms with Gasteiger partial charge in [-0.3, -0.25) is 4.79 Å². The van der Waals surface area contributed by atoms with E-state index in [1.807, 2.05) is 29.7 Å². The van der Waals surface area contributed by atoms with Crippen molar-refractivity contribution < 1.29 is 14.3 Å². The van der Waals surface area contributed by atoms with E-state index in [0.29, 0.717) is 33.8 Å². The number of ether oxygens (including phenoxy) is 1. The summed E-state index contributed by atoms with van der Waals surface area (Å²) in [6.45, 7) is 2.63. The summed E-state index contributed by atoms with van der Waals surface area (Å²) < 4.78 is 6.58. The normalized spacial score (nSPS) is 10.6. The molecule has 0 radical (unpaired) electrons. The van der Waals surface area contributed by atoms with Crippen LogP contribution in [0.25, 0.3) is 11.4 Å². The van der Waals surface area contributed by atoms with Gasteiger partial charge in [0.1, 0.15) is 0 Å². The Morgan fingerprint density at radius 1 is 1.14 bits per heavy atom. The highest BCUT2D eigenvalue weighted by molar-refractivity contribution is 7.99. The molecule has 0 saturated carbocycles. The van der Waals surface area contributed by atoms with Gasteiger partial charge in [-0.1, -0.05) is 35.5 Å². The number of methoxy groups -OCH3 is 1. The zero-order valence-corrected chi connectivity index (χ0v) is 17.5. The summed E-state index contributed by atoms with van der Waals surface area (Å²) >= 11 is 7.57. The van der Waals surface area contributed by atoms with E-state index in [9.17, 15) is 9.59 Å². The van der Waals surface area contributed by atoms with Crippen molar-refractivity contribution in [1.82, 2.24) is 14.8 Å². The molecule has 0 aliphatic rings. The molecule has 2 aromatic carbocycles. The van der Waals surface area contributed by atoms with Crippen molar-refractivity contribution in [2.45, 2.75) is 18.6 Å². The minimum absolute atomic E-state index is 0.166. The van der Waals surface area contributed by atoms with Crippen LogP contribution in [-0.2, 0) is 16.1 Å². The first-order valence-electron chi connectivity index (χ1n) is 8.82. The smallest absolute Gasteiger partial charge is 0.337 e. The Kier molecular flexibility index (Phi) is 6.90. The SMILES string of the molecule is CCn1c(SCC(=O)Nc2ccc(C(=O)OC)cc2)nnc1-c1ccccc1Cl. The van der Waals surface area contributed by atoms with Gasteiger partial charge in [-0.2, -0.15) is 0 Å². The summed E-state index contributed by atoms with van der Waals surface area (Å²) in [5.41, 5.74) is 1.81. The van der Waals surface area contributed by atoms with Crippen LogP contribution in [0.15, 0.2) is 53.7 Å². The van der Waals surface area contributed by atoms with E-state index in [-0.39, 0.29) is 11.7 Å².